The fraction of sp³-hybridized carbons (Fsp3) is 0.667. The van der Waals surface area contributed by atoms with E-state index in [4.69, 9.17) is 4.42 Å². The Morgan fingerprint density at radius 1 is 1.58 bits per heavy atom. The van der Waals surface area contributed by atoms with Gasteiger partial charge in [0.25, 0.3) is 0 Å². The largest absolute Gasteiger partial charge is 0.447 e. The molecule has 0 unspecified atom stereocenters. The number of unbranched alkanes of at least 4 members (excludes halogenated alkanes) is 1. The minimum Gasteiger partial charge on any atom is -0.447 e. The first kappa shape index (κ1) is 9.26. The van der Waals surface area contributed by atoms with Crippen LogP contribution in [0.5, 0.6) is 0 Å². The average molecular weight is 168 g/mol. The molecular weight excluding hydrogens is 152 g/mol. The van der Waals surface area contributed by atoms with Crippen LogP contribution in [0, 0.1) is 6.92 Å². The van der Waals surface area contributed by atoms with Gasteiger partial charge in [-0.3, -0.25) is 0 Å². The van der Waals surface area contributed by atoms with E-state index in [1.807, 2.05) is 6.92 Å². The summed E-state index contributed by atoms with van der Waals surface area (Å²) in [5.74, 6) is 0.950. The Hall–Kier alpha value is -0.830. The van der Waals surface area contributed by atoms with Crippen LogP contribution in [0.2, 0.25) is 0 Å². The number of aromatic nitrogens is 1. The lowest BCUT2D eigenvalue weighted by Gasteiger charge is -2.00. The van der Waals surface area contributed by atoms with Crippen molar-refractivity contribution in [2.75, 3.05) is 6.54 Å². The van der Waals surface area contributed by atoms with E-state index in [0.29, 0.717) is 0 Å². The molecule has 3 heteroatoms. The molecule has 0 aliphatic carbocycles. The zero-order valence-electron chi connectivity index (χ0n) is 7.76. The summed E-state index contributed by atoms with van der Waals surface area (Å²) in [6.45, 7) is 5.99. The summed E-state index contributed by atoms with van der Waals surface area (Å²) >= 11 is 0. The maximum Gasteiger partial charge on any atom is 0.181 e. The van der Waals surface area contributed by atoms with E-state index in [1.54, 1.807) is 0 Å². The monoisotopic (exact) mass is 168 g/mol. The standard InChI is InChI=1S/C9H16N2O/c1-3-4-5-10-6-9-8(2)11-7-12-9/h7,10H,3-6H2,1-2H3. The lowest BCUT2D eigenvalue weighted by Crippen LogP contribution is -2.14. The van der Waals surface area contributed by atoms with Gasteiger partial charge in [-0.15, -0.1) is 0 Å². The van der Waals surface area contributed by atoms with Crippen LogP contribution in [0.1, 0.15) is 31.2 Å². The van der Waals surface area contributed by atoms with Crippen molar-refractivity contribution >= 4 is 0 Å². The van der Waals surface area contributed by atoms with E-state index in [0.717, 1.165) is 24.5 Å². The van der Waals surface area contributed by atoms with Crippen LogP contribution in [0.15, 0.2) is 10.8 Å². The van der Waals surface area contributed by atoms with Gasteiger partial charge in [-0.1, -0.05) is 13.3 Å². The van der Waals surface area contributed by atoms with Crippen molar-refractivity contribution in [1.29, 1.82) is 0 Å². The fourth-order valence-corrected chi connectivity index (χ4v) is 1.000. The van der Waals surface area contributed by atoms with Gasteiger partial charge < -0.3 is 9.73 Å². The normalized spacial score (nSPS) is 10.5. The second kappa shape index (κ2) is 4.93. The predicted molar refractivity (Wildman–Crippen MR) is 47.9 cm³/mol. The third-order valence-corrected chi connectivity index (χ3v) is 1.84. The minimum absolute atomic E-state index is 0.797. The lowest BCUT2D eigenvalue weighted by molar-refractivity contribution is 0.475. The fourth-order valence-electron chi connectivity index (χ4n) is 1.000. The first-order chi connectivity index (χ1) is 5.84. The zero-order valence-corrected chi connectivity index (χ0v) is 7.76. The summed E-state index contributed by atoms with van der Waals surface area (Å²) in [7, 11) is 0. The van der Waals surface area contributed by atoms with Gasteiger partial charge in [0.05, 0.1) is 12.2 Å². The summed E-state index contributed by atoms with van der Waals surface area (Å²) in [5.41, 5.74) is 0.985. The van der Waals surface area contributed by atoms with E-state index < -0.39 is 0 Å². The van der Waals surface area contributed by atoms with E-state index in [1.165, 1.54) is 19.2 Å². The highest BCUT2D eigenvalue weighted by Crippen LogP contribution is 2.03. The average Bonchev–Trinajstić information content (AvgIpc) is 2.46. The van der Waals surface area contributed by atoms with Crippen molar-refractivity contribution in [2.24, 2.45) is 0 Å². The van der Waals surface area contributed by atoms with Crippen LogP contribution in [-0.4, -0.2) is 11.5 Å². The molecule has 1 aromatic heterocycles. The Kier molecular flexibility index (Phi) is 3.80. The molecule has 68 valence electrons. The van der Waals surface area contributed by atoms with E-state index >= 15 is 0 Å². The lowest BCUT2D eigenvalue weighted by atomic mass is 10.3. The molecule has 0 aromatic carbocycles. The number of hydrogen-bond donors (Lipinski definition) is 1. The third-order valence-electron chi connectivity index (χ3n) is 1.84. The number of oxazole rings is 1. The predicted octanol–water partition coefficient (Wildman–Crippen LogP) is 1.87. The number of nitrogens with one attached hydrogen (secondary N) is 1. The molecule has 0 saturated heterocycles. The molecule has 0 aliphatic rings. The first-order valence-corrected chi connectivity index (χ1v) is 4.44. The summed E-state index contributed by atoms with van der Waals surface area (Å²) < 4.78 is 5.17. The summed E-state index contributed by atoms with van der Waals surface area (Å²) in [6.07, 6.45) is 3.93. The molecule has 1 rings (SSSR count). The molecule has 1 N–H and O–H groups in total. The van der Waals surface area contributed by atoms with Crippen molar-refractivity contribution in [3.63, 3.8) is 0 Å². The van der Waals surface area contributed by atoms with Crippen molar-refractivity contribution in [3.05, 3.63) is 17.8 Å². The van der Waals surface area contributed by atoms with Gasteiger partial charge in [-0.05, 0) is 19.9 Å². The molecule has 0 aliphatic heterocycles. The molecular formula is C9H16N2O. The highest BCUT2D eigenvalue weighted by atomic mass is 16.3. The van der Waals surface area contributed by atoms with E-state index in [9.17, 15) is 0 Å². The van der Waals surface area contributed by atoms with Crippen LogP contribution >= 0.6 is 0 Å². The summed E-state index contributed by atoms with van der Waals surface area (Å²) in [4.78, 5) is 4.01. The van der Waals surface area contributed by atoms with Gasteiger partial charge in [0.15, 0.2) is 6.39 Å². The molecule has 0 atom stereocenters. The van der Waals surface area contributed by atoms with Gasteiger partial charge in [0, 0.05) is 0 Å². The van der Waals surface area contributed by atoms with Gasteiger partial charge in [-0.2, -0.15) is 0 Å². The minimum atomic E-state index is 0.797. The van der Waals surface area contributed by atoms with Gasteiger partial charge >= 0.3 is 0 Å². The maximum atomic E-state index is 5.17. The van der Waals surface area contributed by atoms with Gasteiger partial charge in [0.2, 0.25) is 0 Å². The Morgan fingerprint density at radius 3 is 3.00 bits per heavy atom. The SMILES string of the molecule is CCCCNCc1ocnc1C. The Labute approximate surface area is 73.2 Å². The van der Waals surface area contributed by atoms with E-state index in [-0.39, 0.29) is 0 Å². The molecule has 0 saturated carbocycles. The third kappa shape index (κ3) is 2.66. The molecule has 1 aromatic rings. The van der Waals surface area contributed by atoms with Crippen LogP contribution in [0.3, 0.4) is 0 Å². The van der Waals surface area contributed by atoms with Gasteiger partial charge in [-0.25, -0.2) is 4.98 Å². The molecule has 0 fully saturated rings. The Morgan fingerprint density at radius 2 is 2.42 bits per heavy atom. The van der Waals surface area contributed by atoms with Crippen LogP contribution in [0.25, 0.3) is 0 Å². The maximum absolute atomic E-state index is 5.17. The van der Waals surface area contributed by atoms with Crippen molar-refractivity contribution in [2.45, 2.75) is 33.2 Å². The Balaban J connectivity index is 2.20. The van der Waals surface area contributed by atoms with E-state index in [2.05, 4.69) is 17.2 Å². The zero-order chi connectivity index (χ0) is 8.81. The smallest absolute Gasteiger partial charge is 0.181 e. The molecule has 0 radical (unpaired) electrons. The number of nitrogens with zero attached hydrogens (tertiary/aromatic N) is 1. The quantitative estimate of drug-likeness (QED) is 0.682. The summed E-state index contributed by atoms with van der Waals surface area (Å²) in [6, 6.07) is 0. The molecule has 3 nitrogen and oxygen atoms in total. The van der Waals surface area contributed by atoms with Crippen LogP contribution in [-0.2, 0) is 6.54 Å². The topological polar surface area (TPSA) is 38.1 Å². The second-order valence-electron chi connectivity index (χ2n) is 2.89. The number of hydrogen-bond acceptors (Lipinski definition) is 3. The summed E-state index contributed by atoms with van der Waals surface area (Å²) in [5, 5.41) is 3.30. The van der Waals surface area contributed by atoms with Crippen molar-refractivity contribution in [1.82, 2.24) is 10.3 Å². The molecule has 0 bridgehead atoms. The highest BCUT2D eigenvalue weighted by molar-refractivity contribution is 5.03. The van der Waals surface area contributed by atoms with Crippen LogP contribution < -0.4 is 5.32 Å². The Bertz CT molecular complexity index is 220. The first-order valence-electron chi connectivity index (χ1n) is 4.44. The molecule has 1 heterocycles. The number of rotatable bonds is 5. The van der Waals surface area contributed by atoms with Crippen molar-refractivity contribution < 1.29 is 4.42 Å². The van der Waals surface area contributed by atoms with Crippen LogP contribution in [0.4, 0.5) is 0 Å². The molecule has 0 spiro atoms. The van der Waals surface area contributed by atoms with Crippen molar-refractivity contribution in [3.8, 4) is 0 Å². The molecule has 0 amide bonds. The molecule has 12 heavy (non-hydrogen) atoms. The van der Waals surface area contributed by atoms with Gasteiger partial charge in [0.1, 0.15) is 5.76 Å². The number of aryl methyl sites for hydroxylation is 1. The second-order valence-corrected chi connectivity index (χ2v) is 2.89. The highest BCUT2D eigenvalue weighted by Gasteiger charge is 2.00.